The molecule has 1 aliphatic heterocycles. The fourth-order valence-electron chi connectivity index (χ4n) is 5.32. The molecule has 3 rings (SSSR count). The monoisotopic (exact) mass is 329 g/mol. The number of nitrogens with zero attached hydrogens (tertiary/aromatic N) is 1. The zero-order chi connectivity index (χ0) is 17.5. The number of rotatable bonds is 5. The summed E-state index contributed by atoms with van der Waals surface area (Å²) in [7, 11) is 1.78. The van der Waals surface area contributed by atoms with Gasteiger partial charge in [-0.05, 0) is 49.1 Å². The van der Waals surface area contributed by atoms with Crippen LogP contribution in [0.2, 0.25) is 0 Å². The molecule has 24 heavy (non-hydrogen) atoms. The largest absolute Gasteiger partial charge is 0.384 e. The Morgan fingerprint density at radius 2 is 2.08 bits per heavy atom. The molecule has 0 N–H and O–H groups in total. The maximum Gasteiger partial charge on any atom is 0.222 e. The van der Waals surface area contributed by atoms with Gasteiger partial charge < -0.3 is 9.64 Å². The number of fused-ring (bicyclic) bond motifs is 1. The molecular formula is C21H31NO2. The van der Waals surface area contributed by atoms with Crippen molar-refractivity contribution in [2.24, 2.45) is 16.7 Å². The second kappa shape index (κ2) is 6.18. The Kier molecular flexibility index (Phi) is 4.50. The van der Waals surface area contributed by atoms with Gasteiger partial charge in [0, 0.05) is 32.0 Å². The van der Waals surface area contributed by atoms with Gasteiger partial charge in [-0.15, -0.1) is 0 Å². The van der Waals surface area contributed by atoms with Gasteiger partial charge in [-0.3, -0.25) is 4.79 Å². The van der Waals surface area contributed by atoms with Crippen LogP contribution in [0.1, 0.15) is 43.4 Å². The van der Waals surface area contributed by atoms with E-state index < -0.39 is 0 Å². The highest BCUT2D eigenvalue weighted by atomic mass is 16.5. The van der Waals surface area contributed by atoms with Crippen LogP contribution in [-0.4, -0.2) is 37.6 Å². The minimum atomic E-state index is 0.202. The van der Waals surface area contributed by atoms with E-state index in [1.807, 2.05) is 0 Å². The fourth-order valence-corrected chi connectivity index (χ4v) is 5.32. The average Bonchev–Trinajstić information content (AvgIpc) is 2.81. The molecule has 0 spiro atoms. The molecule has 1 amide bonds. The third kappa shape index (κ3) is 2.99. The number of ether oxygens (including phenoxy) is 1. The Balaban J connectivity index is 1.62. The molecule has 1 heterocycles. The molecule has 0 radical (unpaired) electrons. The second-order valence-corrected chi connectivity index (χ2v) is 8.72. The lowest BCUT2D eigenvalue weighted by Crippen LogP contribution is -2.55. The van der Waals surface area contributed by atoms with E-state index in [9.17, 15) is 4.79 Å². The van der Waals surface area contributed by atoms with Crippen molar-refractivity contribution in [2.45, 2.75) is 47.0 Å². The molecule has 1 aromatic carbocycles. The maximum absolute atomic E-state index is 12.8. The standard InChI is InChI=1S/C21H31NO2/c1-15-6-7-17(16(2)10-15)8-9-19(23)22-11-18-20(3,4)12-21(18,13-22)14-24-5/h6-7,10,18H,8-9,11-14H2,1-5H3/t18-,21-/m1/s1. The molecule has 2 atom stereocenters. The van der Waals surface area contributed by atoms with E-state index in [1.54, 1.807) is 7.11 Å². The van der Waals surface area contributed by atoms with Crippen LogP contribution >= 0.6 is 0 Å². The van der Waals surface area contributed by atoms with Gasteiger partial charge in [0.1, 0.15) is 0 Å². The van der Waals surface area contributed by atoms with Gasteiger partial charge in [-0.2, -0.15) is 0 Å². The summed E-state index contributed by atoms with van der Waals surface area (Å²) in [5.41, 5.74) is 4.40. The van der Waals surface area contributed by atoms with E-state index in [0.29, 0.717) is 23.7 Å². The number of likely N-dealkylation sites (tertiary alicyclic amines) is 1. The number of carbonyl (C=O) groups excluding carboxylic acids is 1. The van der Waals surface area contributed by atoms with Crippen LogP contribution in [0.5, 0.6) is 0 Å². The lowest BCUT2D eigenvalue weighted by atomic mass is 9.48. The van der Waals surface area contributed by atoms with Crippen molar-refractivity contribution < 1.29 is 9.53 Å². The predicted octanol–water partition coefficient (Wildman–Crippen LogP) is 3.76. The summed E-state index contributed by atoms with van der Waals surface area (Å²) in [5, 5.41) is 0. The van der Waals surface area contributed by atoms with E-state index in [-0.39, 0.29) is 5.41 Å². The van der Waals surface area contributed by atoms with Gasteiger partial charge in [-0.1, -0.05) is 37.6 Å². The van der Waals surface area contributed by atoms with Crippen LogP contribution in [-0.2, 0) is 16.0 Å². The number of amides is 1. The number of aryl methyl sites for hydroxylation is 3. The minimum Gasteiger partial charge on any atom is -0.384 e. The smallest absolute Gasteiger partial charge is 0.222 e. The van der Waals surface area contributed by atoms with Gasteiger partial charge in [-0.25, -0.2) is 0 Å². The molecule has 1 saturated heterocycles. The molecule has 0 bridgehead atoms. The van der Waals surface area contributed by atoms with Crippen LogP contribution in [0.4, 0.5) is 0 Å². The second-order valence-electron chi connectivity index (χ2n) is 8.72. The molecule has 132 valence electrons. The van der Waals surface area contributed by atoms with Gasteiger partial charge >= 0.3 is 0 Å². The molecule has 3 nitrogen and oxygen atoms in total. The first-order valence-electron chi connectivity index (χ1n) is 9.10. The zero-order valence-electron chi connectivity index (χ0n) is 15.8. The summed E-state index contributed by atoms with van der Waals surface area (Å²) in [4.78, 5) is 14.9. The van der Waals surface area contributed by atoms with Crippen molar-refractivity contribution in [3.8, 4) is 0 Å². The predicted molar refractivity (Wildman–Crippen MR) is 97.0 cm³/mol. The van der Waals surface area contributed by atoms with E-state index in [0.717, 1.165) is 26.1 Å². The normalized spacial score (nSPS) is 27.7. The van der Waals surface area contributed by atoms with Crippen LogP contribution in [0.15, 0.2) is 18.2 Å². The molecule has 1 aliphatic carbocycles. The summed E-state index contributed by atoms with van der Waals surface area (Å²) >= 11 is 0. The van der Waals surface area contributed by atoms with Gasteiger partial charge in [0.25, 0.3) is 0 Å². The van der Waals surface area contributed by atoms with Crippen molar-refractivity contribution in [3.63, 3.8) is 0 Å². The third-order valence-electron chi connectivity index (χ3n) is 6.29. The van der Waals surface area contributed by atoms with Crippen molar-refractivity contribution in [1.82, 2.24) is 4.90 Å². The Morgan fingerprint density at radius 1 is 1.33 bits per heavy atom. The first-order valence-corrected chi connectivity index (χ1v) is 9.10. The highest BCUT2D eigenvalue weighted by Crippen LogP contribution is 2.62. The SMILES string of the molecule is COC[C@@]12CN(C(=O)CCc3ccc(C)cc3C)C[C@@H]1C(C)(C)C2. The quantitative estimate of drug-likeness (QED) is 0.823. The zero-order valence-corrected chi connectivity index (χ0v) is 15.8. The Bertz CT molecular complexity index is 637. The topological polar surface area (TPSA) is 29.5 Å². The molecule has 0 unspecified atom stereocenters. The van der Waals surface area contributed by atoms with Gasteiger partial charge in [0.15, 0.2) is 0 Å². The number of hydrogen-bond donors (Lipinski definition) is 0. The van der Waals surface area contributed by atoms with Gasteiger partial charge in [0.05, 0.1) is 6.61 Å². The Hall–Kier alpha value is -1.35. The summed E-state index contributed by atoms with van der Waals surface area (Å²) in [5.74, 6) is 0.880. The van der Waals surface area contributed by atoms with E-state index in [1.165, 1.54) is 23.1 Å². The fraction of sp³-hybridized carbons (Fsp3) is 0.667. The van der Waals surface area contributed by atoms with Crippen LogP contribution in [0.25, 0.3) is 0 Å². The summed E-state index contributed by atoms with van der Waals surface area (Å²) in [6.07, 6.45) is 2.62. The Labute approximate surface area is 146 Å². The maximum atomic E-state index is 12.8. The number of hydrogen-bond acceptors (Lipinski definition) is 2. The van der Waals surface area contributed by atoms with Crippen molar-refractivity contribution in [1.29, 1.82) is 0 Å². The lowest BCUT2D eigenvalue weighted by Gasteiger charge is -2.56. The number of methoxy groups -OCH3 is 1. The van der Waals surface area contributed by atoms with Crippen LogP contribution in [0, 0.1) is 30.6 Å². The first-order chi connectivity index (χ1) is 11.3. The molecular weight excluding hydrogens is 298 g/mol. The minimum absolute atomic E-state index is 0.202. The molecule has 2 aliphatic rings. The van der Waals surface area contributed by atoms with Crippen molar-refractivity contribution in [3.05, 3.63) is 34.9 Å². The third-order valence-corrected chi connectivity index (χ3v) is 6.29. The van der Waals surface area contributed by atoms with Crippen LogP contribution < -0.4 is 0 Å². The summed E-state index contributed by atoms with van der Waals surface area (Å²) in [6.45, 7) is 11.5. The highest BCUT2D eigenvalue weighted by molar-refractivity contribution is 5.77. The van der Waals surface area contributed by atoms with E-state index >= 15 is 0 Å². The average molecular weight is 329 g/mol. The van der Waals surface area contributed by atoms with Crippen molar-refractivity contribution in [2.75, 3.05) is 26.8 Å². The molecule has 2 fully saturated rings. The molecule has 1 aromatic rings. The van der Waals surface area contributed by atoms with E-state index in [4.69, 9.17) is 4.74 Å². The molecule has 3 heteroatoms. The number of carbonyl (C=O) groups is 1. The first kappa shape index (κ1) is 17.5. The molecule has 0 aromatic heterocycles. The highest BCUT2D eigenvalue weighted by Gasteiger charge is 2.63. The van der Waals surface area contributed by atoms with E-state index in [2.05, 4.69) is 50.8 Å². The molecule has 1 saturated carbocycles. The summed E-state index contributed by atoms with van der Waals surface area (Å²) < 4.78 is 5.49. The lowest BCUT2D eigenvalue weighted by molar-refractivity contribution is -0.130. The Morgan fingerprint density at radius 3 is 2.71 bits per heavy atom. The number of benzene rings is 1. The van der Waals surface area contributed by atoms with Gasteiger partial charge in [0.2, 0.25) is 5.91 Å². The summed E-state index contributed by atoms with van der Waals surface area (Å²) in [6, 6.07) is 6.51. The van der Waals surface area contributed by atoms with Crippen molar-refractivity contribution >= 4 is 5.91 Å². The van der Waals surface area contributed by atoms with Crippen LogP contribution in [0.3, 0.4) is 0 Å².